The molecule has 2 nitrogen and oxygen atoms in total. The van der Waals surface area contributed by atoms with E-state index in [2.05, 4.69) is 39.9 Å². The van der Waals surface area contributed by atoms with Gasteiger partial charge in [-0.25, -0.2) is 0 Å². The summed E-state index contributed by atoms with van der Waals surface area (Å²) in [5, 5.41) is 3.67. The van der Waals surface area contributed by atoms with Crippen LogP contribution in [-0.4, -0.2) is 25.3 Å². The number of nitrogens with one attached hydrogen (secondary N) is 1. The van der Waals surface area contributed by atoms with Crippen molar-refractivity contribution in [2.45, 2.75) is 71.9 Å². The molecular weight excluding hydrogens is 210 g/mol. The van der Waals surface area contributed by atoms with Gasteiger partial charge in [0.25, 0.3) is 0 Å². The van der Waals surface area contributed by atoms with Crippen LogP contribution in [0.1, 0.15) is 60.3 Å². The van der Waals surface area contributed by atoms with Crippen LogP contribution in [0.4, 0.5) is 0 Å². The molecule has 0 amide bonds. The number of methoxy groups -OCH3 is 1. The Labute approximate surface area is 108 Å². The molecule has 17 heavy (non-hydrogen) atoms. The van der Waals surface area contributed by atoms with E-state index in [1.54, 1.807) is 0 Å². The minimum absolute atomic E-state index is 0.0424. The van der Waals surface area contributed by atoms with Crippen LogP contribution in [0.3, 0.4) is 0 Å². The van der Waals surface area contributed by atoms with Gasteiger partial charge >= 0.3 is 0 Å². The molecule has 0 bridgehead atoms. The zero-order valence-corrected chi connectivity index (χ0v) is 12.6. The molecule has 1 unspecified atom stereocenters. The van der Waals surface area contributed by atoms with Crippen molar-refractivity contribution in [3.05, 3.63) is 0 Å². The molecule has 0 spiro atoms. The lowest BCUT2D eigenvalue weighted by atomic mass is 9.67. The minimum Gasteiger partial charge on any atom is -0.377 e. The third-order valence-electron chi connectivity index (χ3n) is 4.33. The first-order valence-corrected chi connectivity index (χ1v) is 7.14. The monoisotopic (exact) mass is 241 g/mol. The SMILES string of the molecule is CCNC(C(C)(C)C)C1(OC)CCC(C)CC1. The van der Waals surface area contributed by atoms with Gasteiger partial charge in [0.15, 0.2) is 0 Å². The van der Waals surface area contributed by atoms with Crippen LogP contribution in [0.2, 0.25) is 0 Å². The molecule has 1 saturated carbocycles. The molecule has 0 aromatic rings. The molecule has 1 aliphatic carbocycles. The lowest BCUT2D eigenvalue weighted by Gasteiger charge is -2.49. The maximum absolute atomic E-state index is 6.01. The van der Waals surface area contributed by atoms with E-state index in [4.69, 9.17) is 4.74 Å². The molecule has 1 N–H and O–H groups in total. The first-order valence-electron chi connectivity index (χ1n) is 7.14. The van der Waals surface area contributed by atoms with Crippen molar-refractivity contribution in [3.8, 4) is 0 Å². The second kappa shape index (κ2) is 5.71. The van der Waals surface area contributed by atoms with E-state index < -0.39 is 0 Å². The summed E-state index contributed by atoms with van der Waals surface area (Å²) in [4.78, 5) is 0. The predicted octanol–water partition coefficient (Wildman–Crippen LogP) is 3.61. The van der Waals surface area contributed by atoms with Crippen LogP contribution in [0.25, 0.3) is 0 Å². The second-order valence-corrected chi connectivity index (χ2v) is 6.81. The van der Waals surface area contributed by atoms with Gasteiger partial charge in [0, 0.05) is 13.2 Å². The Morgan fingerprint density at radius 2 is 1.82 bits per heavy atom. The van der Waals surface area contributed by atoms with Crippen molar-refractivity contribution >= 4 is 0 Å². The summed E-state index contributed by atoms with van der Waals surface area (Å²) in [5.41, 5.74) is 0.285. The fourth-order valence-corrected chi connectivity index (χ4v) is 3.35. The molecule has 0 aromatic carbocycles. The number of likely N-dealkylation sites (N-methyl/N-ethyl adjacent to an activating group) is 1. The largest absolute Gasteiger partial charge is 0.377 e. The Bertz CT molecular complexity index is 224. The zero-order chi connectivity index (χ0) is 13.1. The van der Waals surface area contributed by atoms with E-state index in [1.807, 2.05) is 7.11 Å². The predicted molar refractivity (Wildman–Crippen MR) is 74.3 cm³/mol. The highest BCUT2D eigenvalue weighted by Gasteiger charge is 2.46. The normalized spacial score (nSPS) is 32.5. The molecule has 1 atom stereocenters. The van der Waals surface area contributed by atoms with Gasteiger partial charge in [-0.15, -0.1) is 0 Å². The summed E-state index contributed by atoms with van der Waals surface area (Å²) < 4.78 is 6.01. The summed E-state index contributed by atoms with van der Waals surface area (Å²) in [7, 11) is 1.89. The average molecular weight is 241 g/mol. The van der Waals surface area contributed by atoms with E-state index in [1.165, 1.54) is 25.7 Å². The third kappa shape index (κ3) is 3.45. The van der Waals surface area contributed by atoms with Gasteiger partial charge in [0.05, 0.1) is 5.60 Å². The van der Waals surface area contributed by atoms with Gasteiger partial charge in [-0.3, -0.25) is 0 Å². The van der Waals surface area contributed by atoms with Gasteiger partial charge < -0.3 is 10.1 Å². The standard InChI is InChI=1S/C15H31NO/c1-7-16-13(14(3,4)5)15(17-6)10-8-12(2)9-11-15/h12-13,16H,7-11H2,1-6H3. The van der Waals surface area contributed by atoms with Gasteiger partial charge in [0.2, 0.25) is 0 Å². The summed E-state index contributed by atoms with van der Waals surface area (Å²) in [6, 6.07) is 0.442. The fraction of sp³-hybridized carbons (Fsp3) is 1.00. The molecule has 2 heteroatoms. The Morgan fingerprint density at radius 3 is 2.18 bits per heavy atom. The van der Waals surface area contributed by atoms with E-state index in [-0.39, 0.29) is 11.0 Å². The van der Waals surface area contributed by atoms with Crippen molar-refractivity contribution in [1.29, 1.82) is 0 Å². The maximum Gasteiger partial charge on any atom is 0.0836 e. The van der Waals surface area contributed by atoms with Crippen LogP contribution >= 0.6 is 0 Å². The highest BCUT2D eigenvalue weighted by Crippen LogP contribution is 2.42. The van der Waals surface area contributed by atoms with Crippen molar-refractivity contribution in [3.63, 3.8) is 0 Å². The van der Waals surface area contributed by atoms with Crippen LogP contribution in [-0.2, 0) is 4.74 Å². The molecule has 0 heterocycles. The van der Waals surface area contributed by atoms with E-state index in [9.17, 15) is 0 Å². The Balaban J connectivity index is 2.88. The van der Waals surface area contributed by atoms with Crippen LogP contribution in [0.15, 0.2) is 0 Å². The smallest absolute Gasteiger partial charge is 0.0836 e. The number of hydrogen-bond donors (Lipinski definition) is 1. The van der Waals surface area contributed by atoms with Crippen LogP contribution in [0, 0.1) is 11.3 Å². The summed E-state index contributed by atoms with van der Waals surface area (Å²) in [6.07, 6.45) is 4.98. The highest BCUT2D eigenvalue weighted by molar-refractivity contribution is 5.01. The molecule has 0 saturated heterocycles. The van der Waals surface area contributed by atoms with Crippen molar-refractivity contribution in [2.75, 3.05) is 13.7 Å². The molecule has 1 aliphatic rings. The lowest BCUT2D eigenvalue weighted by molar-refractivity contribution is -0.0990. The first kappa shape index (κ1) is 15.0. The average Bonchev–Trinajstić information content (AvgIpc) is 2.27. The summed E-state index contributed by atoms with van der Waals surface area (Å²) in [6.45, 7) is 12.5. The van der Waals surface area contributed by atoms with Gasteiger partial charge in [-0.05, 0) is 43.6 Å². The fourth-order valence-electron chi connectivity index (χ4n) is 3.35. The Hall–Kier alpha value is -0.0800. The summed E-state index contributed by atoms with van der Waals surface area (Å²) >= 11 is 0. The first-order chi connectivity index (χ1) is 7.85. The van der Waals surface area contributed by atoms with Gasteiger partial charge in [0.1, 0.15) is 0 Å². The van der Waals surface area contributed by atoms with Crippen LogP contribution < -0.4 is 5.32 Å². The molecule has 1 rings (SSSR count). The second-order valence-electron chi connectivity index (χ2n) is 6.81. The maximum atomic E-state index is 6.01. The van der Waals surface area contributed by atoms with E-state index in [0.29, 0.717) is 6.04 Å². The molecular formula is C15H31NO. The third-order valence-corrected chi connectivity index (χ3v) is 4.33. The Kier molecular flexibility index (Phi) is 5.03. The molecule has 0 radical (unpaired) electrons. The number of hydrogen-bond acceptors (Lipinski definition) is 2. The lowest BCUT2D eigenvalue weighted by Crippen LogP contribution is -2.59. The summed E-state index contributed by atoms with van der Waals surface area (Å²) in [5.74, 6) is 0.862. The van der Waals surface area contributed by atoms with Gasteiger partial charge in [-0.1, -0.05) is 34.6 Å². The van der Waals surface area contributed by atoms with Crippen molar-refractivity contribution in [1.82, 2.24) is 5.32 Å². The van der Waals surface area contributed by atoms with E-state index >= 15 is 0 Å². The van der Waals surface area contributed by atoms with E-state index in [0.717, 1.165) is 12.5 Å². The van der Waals surface area contributed by atoms with Gasteiger partial charge in [-0.2, -0.15) is 0 Å². The Morgan fingerprint density at radius 1 is 1.29 bits per heavy atom. The molecule has 102 valence electrons. The zero-order valence-electron chi connectivity index (χ0n) is 12.6. The highest BCUT2D eigenvalue weighted by atomic mass is 16.5. The topological polar surface area (TPSA) is 21.3 Å². The van der Waals surface area contributed by atoms with Crippen LogP contribution in [0.5, 0.6) is 0 Å². The number of rotatable bonds is 4. The molecule has 1 fully saturated rings. The quantitative estimate of drug-likeness (QED) is 0.812. The molecule has 0 aromatic heterocycles. The molecule has 0 aliphatic heterocycles. The number of ether oxygens (including phenoxy) is 1. The van der Waals surface area contributed by atoms with Crippen molar-refractivity contribution in [2.24, 2.45) is 11.3 Å². The van der Waals surface area contributed by atoms with Crippen molar-refractivity contribution < 1.29 is 4.74 Å². The minimum atomic E-state index is 0.0424.